The second-order valence-electron chi connectivity index (χ2n) is 5.24. The molecule has 1 amide bonds. The summed E-state index contributed by atoms with van der Waals surface area (Å²) < 4.78 is 5.27. The van der Waals surface area contributed by atoms with Crippen molar-refractivity contribution in [2.75, 3.05) is 13.7 Å². The van der Waals surface area contributed by atoms with Gasteiger partial charge in [-0.2, -0.15) is 0 Å². The van der Waals surface area contributed by atoms with Gasteiger partial charge in [-0.1, -0.05) is 30.3 Å². The van der Waals surface area contributed by atoms with Crippen LogP contribution in [0.3, 0.4) is 0 Å². The van der Waals surface area contributed by atoms with Gasteiger partial charge in [-0.15, -0.1) is 0 Å². The Morgan fingerprint density at radius 1 is 1.33 bits per heavy atom. The van der Waals surface area contributed by atoms with Crippen LogP contribution in [0.4, 0.5) is 0 Å². The maximum Gasteiger partial charge on any atom is 0.258 e. The molecule has 0 radical (unpaired) electrons. The van der Waals surface area contributed by atoms with Crippen molar-refractivity contribution in [1.29, 1.82) is 0 Å². The van der Waals surface area contributed by atoms with Crippen molar-refractivity contribution in [3.8, 4) is 5.75 Å². The largest absolute Gasteiger partial charge is 0.494 e. The van der Waals surface area contributed by atoms with E-state index in [1.807, 2.05) is 30.0 Å². The number of nitrogens with zero attached hydrogens (tertiary/aromatic N) is 2. The fourth-order valence-electron chi connectivity index (χ4n) is 2.68. The lowest BCUT2D eigenvalue weighted by Crippen LogP contribution is -2.45. The molecule has 0 aliphatic carbocycles. The van der Waals surface area contributed by atoms with Gasteiger partial charge in [-0.05, 0) is 25.0 Å². The highest BCUT2D eigenvalue weighted by Gasteiger charge is 2.34. The zero-order valence-electron chi connectivity index (χ0n) is 12.2. The number of likely N-dealkylation sites (tertiary alicyclic amines) is 1. The van der Waals surface area contributed by atoms with Gasteiger partial charge in [0.2, 0.25) is 0 Å². The number of hydrogen-bond acceptors (Lipinski definition) is 3. The second kappa shape index (κ2) is 5.56. The highest BCUT2D eigenvalue weighted by atomic mass is 16.5. The van der Waals surface area contributed by atoms with E-state index >= 15 is 0 Å². The van der Waals surface area contributed by atoms with E-state index in [1.165, 1.54) is 5.56 Å². The normalized spacial score (nSPS) is 17.2. The van der Waals surface area contributed by atoms with Crippen molar-refractivity contribution in [3.63, 3.8) is 0 Å². The Labute approximate surface area is 124 Å². The van der Waals surface area contributed by atoms with E-state index in [9.17, 15) is 4.79 Å². The number of amides is 1. The Morgan fingerprint density at radius 3 is 2.71 bits per heavy atom. The van der Waals surface area contributed by atoms with Crippen LogP contribution in [0.2, 0.25) is 0 Å². The fourth-order valence-corrected chi connectivity index (χ4v) is 2.68. The molecular weight excluding hydrogens is 264 g/mol. The molecule has 1 aromatic heterocycles. The van der Waals surface area contributed by atoms with Gasteiger partial charge in [0.05, 0.1) is 24.9 Å². The lowest BCUT2D eigenvalue weighted by atomic mass is 9.93. The molecule has 2 heterocycles. The first-order valence-corrected chi connectivity index (χ1v) is 7.07. The van der Waals surface area contributed by atoms with Gasteiger partial charge in [0.15, 0.2) is 0 Å². The molecule has 108 valence electrons. The van der Waals surface area contributed by atoms with Gasteiger partial charge >= 0.3 is 0 Å². The zero-order chi connectivity index (χ0) is 14.8. The molecule has 1 fully saturated rings. The Morgan fingerprint density at radius 2 is 2.10 bits per heavy atom. The first kappa shape index (κ1) is 13.6. The molecule has 0 N–H and O–H groups in total. The van der Waals surface area contributed by atoms with Crippen molar-refractivity contribution >= 4 is 5.91 Å². The van der Waals surface area contributed by atoms with Crippen molar-refractivity contribution in [1.82, 2.24) is 9.88 Å². The van der Waals surface area contributed by atoms with E-state index in [0.717, 1.165) is 18.7 Å². The van der Waals surface area contributed by atoms with Crippen LogP contribution in [0.1, 0.15) is 34.1 Å². The predicted octanol–water partition coefficient (Wildman–Crippen LogP) is 2.99. The van der Waals surface area contributed by atoms with Crippen molar-refractivity contribution in [3.05, 3.63) is 59.4 Å². The molecule has 1 aliphatic rings. The number of aromatic nitrogens is 1. The minimum absolute atomic E-state index is 0.0115. The monoisotopic (exact) mass is 282 g/mol. The molecule has 2 aromatic rings. The highest BCUT2D eigenvalue weighted by Crippen LogP contribution is 2.35. The molecule has 0 saturated carbocycles. The van der Waals surface area contributed by atoms with E-state index in [0.29, 0.717) is 11.3 Å². The van der Waals surface area contributed by atoms with Gasteiger partial charge in [0.1, 0.15) is 5.75 Å². The second-order valence-corrected chi connectivity index (χ2v) is 5.24. The van der Waals surface area contributed by atoms with E-state index in [2.05, 4.69) is 17.1 Å². The maximum atomic E-state index is 12.8. The summed E-state index contributed by atoms with van der Waals surface area (Å²) >= 11 is 0. The van der Waals surface area contributed by atoms with E-state index in [-0.39, 0.29) is 11.9 Å². The standard InChI is InChI=1S/C17H18N2O2/c1-12-10-14(16(21-2)11-18-12)17(20)19-9-8-15(19)13-6-4-3-5-7-13/h3-7,10-11,15H,8-9H2,1-2H3. The van der Waals surface area contributed by atoms with Crippen molar-refractivity contribution < 1.29 is 9.53 Å². The summed E-state index contributed by atoms with van der Waals surface area (Å²) in [6, 6.07) is 12.1. The van der Waals surface area contributed by atoms with Crippen LogP contribution in [-0.4, -0.2) is 29.4 Å². The number of pyridine rings is 1. The number of aryl methyl sites for hydroxylation is 1. The SMILES string of the molecule is COc1cnc(C)cc1C(=O)N1CCC1c1ccccc1. The topological polar surface area (TPSA) is 42.4 Å². The van der Waals surface area contributed by atoms with Crippen LogP contribution in [-0.2, 0) is 0 Å². The molecule has 3 rings (SSSR count). The predicted molar refractivity (Wildman–Crippen MR) is 80.4 cm³/mol. The van der Waals surface area contributed by atoms with Gasteiger partial charge in [-0.3, -0.25) is 9.78 Å². The van der Waals surface area contributed by atoms with Gasteiger partial charge in [-0.25, -0.2) is 0 Å². The Kier molecular flexibility index (Phi) is 3.60. The molecule has 0 bridgehead atoms. The minimum atomic E-state index is 0.0115. The summed E-state index contributed by atoms with van der Waals surface area (Å²) in [7, 11) is 1.56. The molecule has 1 aromatic carbocycles. The van der Waals surface area contributed by atoms with Crippen LogP contribution in [0.25, 0.3) is 0 Å². The van der Waals surface area contributed by atoms with Crippen LogP contribution in [0, 0.1) is 6.92 Å². The van der Waals surface area contributed by atoms with Gasteiger partial charge in [0.25, 0.3) is 5.91 Å². The van der Waals surface area contributed by atoms with E-state index in [1.54, 1.807) is 19.4 Å². The number of hydrogen-bond donors (Lipinski definition) is 0. The van der Waals surface area contributed by atoms with Gasteiger partial charge < -0.3 is 9.64 Å². The smallest absolute Gasteiger partial charge is 0.258 e. The third-order valence-corrected chi connectivity index (χ3v) is 3.92. The Hall–Kier alpha value is -2.36. The quantitative estimate of drug-likeness (QED) is 0.869. The first-order valence-electron chi connectivity index (χ1n) is 7.07. The fraction of sp³-hybridized carbons (Fsp3) is 0.294. The average molecular weight is 282 g/mol. The molecule has 4 heteroatoms. The average Bonchev–Trinajstić information content (AvgIpc) is 2.47. The van der Waals surface area contributed by atoms with E-state index in [4.69, 9.17) is 4.74 Å². The molecule has 1 saturated heterocycles. The van der Waals surface area contributed by atoms with Crippen molar-refractivity contribution in [2.24, 2.45) is 0 Å². The Balaban J connectivity index is 1.88. The van der Waals surface area contributed by atoms with Gasteiger partial charge in [0, 0.05) is 12.2 Å². The molecule has 1 atom stereocenters. The van der Waals surface area contributed by atoms with E-state index < -0.39 is 0 Å². The maximum absolute atomic E-state index is 12.8. The number of benzene rings is 1. The number of carbonyl (C=O) groups excluding carboxylic acids is 1. The lowest BCUT2D eigenvalue weighted by Gasteiger charge is -2.41. The summed E-state index contributed by atoms with van der Waals surface area (Å²) in [4.78, 5) is 18.8. The molecule has 1 aliphatic heterocycles. The summed E-state index contributed by atoms with van der Waals surface area (Å²) in [6.07, 6.45) is 2.61. The molecule has 21 heavy (non-hydrogen) atoms. The summed E-state index contributed by atoms with van der Waals surface area (Å²) in [5.74, 6) is 0.543. The summed E-state index contributed by atoms with van der Waals surface area (Å²) in [6.45, 7) is 2.66. The summed E-state index contributed by atoms with van der Waals surface area (Å²) in [5.41, 5.74) is 2.59. The summed E-state index contributed by atoms with van der Waals surface area (Å²) in [5, 5.41) is 0. The number of ether oxygens (including phenoxy) is 1. The molecule has 0 spiro atoms. The lowest BCUT2D eigenvalue weighted by molar-refractivity contribution is 0.0457. The number of rotatable bonds is 3. The molecular formula is C17H18N2O2. The number of methoxy groups -OCH3 is 1. The third-order valence-electron chi connectivity index (χ3n) is 3.92. The number of carbonyl (C=O) groups is 1. The Bertz CT molecular complexity index is 655. The molecule has 1 unspecified atom stereocenters. The molecule has 4 nitrogen and oxygen atoms in total. The van der Waals surface area contributed by atoms with Crippen molar-refractivity contribution in [2.45, 2.75) is 19.4 Å². The van der Waals surface area contributed by atoms with Crippen LogP contribution < -0.4 is 4.74 Å². The first-order chi connectivity index (χ1) is 10.2. The minimum Gasteiger partial charge on any atom is -0.494 e. The third kappa shape index (κ3) is 2.49. The highest BCUT2D eigenvalue weighted by molar-refractivity contribution is 5.97. The zero-order valence-corrected chi connectivity index (χ0v) is 12.2. The van der Waals surface area contributed by atoms with Crippen LogP contribution >= 0.6 is 0 Å². The van der Waals surface area contributed by atoms with Crippen LogP contribution in [0.5, 0.6) is 5.75 Å². The van der Waals surface area contributed by atoms with Crippen LogP contribution in [0.15, 0.2) is 42.6 Å².